The van der Waals surface area contributed by atoms with Crippen LogP contribution in [-0.4, -0.2) is 0 Å². The molecule has 0 amide bonds. The van der Waals surface area contributed by atoms with E-state index in [0.29, 0.717) is 0 Å². The Bertz CT molecular complexity index is 43.6. The Kier molecular flexibility index (Phi) is 15.7. The molecule has 0 aromatic carbocycles. The summed E-state index contributed by atoms with van der Waals surface area (Å²) < 4.78 is 0. The third kappa shape index (κ3) is 42.9. The molecule has 0 bridgehead atoms. The van der Waals surface area contributed by atoms with Crippen LogP contribution >= 0.6 is 50.5 Å². The molecule has 0 aromatic rings. The SMILES string of the molecule is [Cl][Fe-2]([Cl])([Cl])([Cl])[Cl].[K+].[K+]. The maximum Gasteiger partial charge on any atom is 1.00 e. The van der Waals surface area contributed by atoms with Crippen molar-refractivity contribution in [2.24, 2.45) is 0 Å². The molecule has 0 nitrogen and oxygen atoms in total. The zero-order valence-corrected chi connectivity index (χ0v) is 15.4. The van der Waals surface area contributed by atoms with Crippen molar-refractivity contribution in [3.05, 3.63) is 0 Å². The molecule has 0 rings (SSSR count). The molecule has 0 heterocycles. The summed E-state index contributed by atoms with van der Waals surface area (Å²) in [5.74, 6) is 0. The fourth-order valence-electron chi connectivity index (χ4n) is 0. The molecular weight excluding hydrogens is 311 g/mol. The third-order valence-corrected chi connectivity index (χ3v) is 0. The van der Waals surface area contributed by atoms with Crippen molar-refractivity contribution in [2.75, 3.05) is 0 Å². The molecule has 0 aromatic heterocycles. The van der Waals surface area contributed by atoms with Gasteiger partial charge >= 0.3 is 160 Å². The van der Waals surface area contributed by atoms with Gasteiger partial charge in [0.25, 0.3) is 0 Å². The summed E-state index contributed by atoms with van der Waals surface area (Å²) in [4.78, 5) is 0. The smallest absolute Gasteiger partial charge is 1.00 e. The van der Waals surface area contributed by atoms with Crippen molar-refractivity contribution in [3.8, 4) is 0 Å². The van der Waals surface area contributed by atoms with Crippen LogP contribution in [0, 0.1) is 0 Å². The molecule has 0 spiro atoms. The predicted molar refractivity (Wildman–Crippen MR) is 29.3 cm³/mol. The fourth-order valence-corrected chi connectivity index (χ4v) is 0. The van der Waals surface area contributed by atoms with Crippen LogP contribution in [0.4, 0.5) is 0 Å². The average molecular weight is 311 g/mol. The van der Waals surface area contributed by atoms with Gasteiger partial charge in [0.1, 0.15) is 0 Å². The van der Waals surface area contributed by atoms with Crippen LogP contribution in [0.2, 0.25) is 0 Å². The second-order valence-corrected chi connectivity index (χ2v) is 18.7. The maximum absolute atomic E-state index is 4.99. The van der Waals surface area contributed by atoms with Crippen molar-refractivity contribution < 1.29 is 110 Å². The van der Waals surface area contributed by atoms with Crippen molar-refractivity contribution in [1.29, 1.82) is 0 Å². The van der Waals surface area contributed by atoms with Gasteiger partial charge in [-0.2, -0.15) is 0 Å². The molecule has 0 radical (unpaired) electrons. The van der Waals surface area contributed by atoms with Gasteiger partial charge in [0.2, 0.25) is 0 Å². The molecule has 8 heteroatoms. The van der Waals surface area contributed by atoms with E-state index in [1.54, 1.807) is 0 Å². The van der Waals surface area contributed by atoms with Crippen LogP contribution in [0.25, 0.3) is 0 Å². The molecule has 0 saturated heterocycles. The van der Waals surface area contributed by atoms with Gasteiger partial charge in [-0.1, -0.05) is 0 Å². The van der Waals surface area contributed by atoms with Gasteiger partial charge in [0, 0.05) is 0 Å². The van der Waals surface area contributed by atoms with E-state index in [1.807, 2.05) is 0 Å². The molecule has 0 aliphatic rings. The van der Waals surface area contributed by atoms with Crippen molar-refractivity contribution >= 4 is 50.5 Å². The molecule has 0 saturated carbocycles. The summed E-state index contributed by atoms with van der Waals surface area (Å²) in [6.45, 7) is 0. The first-order valence-corrected chi connectivity index (χ1v) is 8.26. The summed E-state index contributed by atoms with van der Waals surface area (Å²) in [7, 11) is 21.2. The Labute approximate surface area is 155 Å². The first kappa shape index (κ1) is 18.9. The quantitative estimate of drug-likeness (QED) is 0.432. The van der Waals surface area contributed by atoms with Crippen LogP contribution < -0.4 is 103 Å². The van der Waals surface area contributed by atoms with Crippen LogP contribution in [0.15, 0.2) is 0 Å². The van der Waals surface area contributed by atoms with E-state index >= 15 is 0 Å². The molecule has 0 unspecified atom stereocenters. The van der Waals surface area contributed by atoms with Gasteiger partial charge in [-0.3, -0.25) is 0 Å². The van der Waals surface area contributed by atoms with Crippen molar-refractivity contribution in [2.45, 2.75) is 0 Å². The van der Waals surface area contributed by atoms with E-state index in [1.165, 1.54) is 0 Å². The molecule has 0 atom stereocenters. The zero-order valence-electron chi connectivity index (χ0n) is 4.24. The number of hydrogen-bond acceptors (Lipinski definition) is 0. The Hall–Kier alpha value is 5.24. The third-order valence-electron chi connectivity index (χ3n) is 0. The topological polar surface area (TPSA) is 0 Å². The summed E-state index contributed by atoms with van der Waals surface area (Å²) >= 11 is 0. The minimum Gasteiger partial charge on any atom is 1.00 e. The van der Waals surface area contributed by atoms with E-state index in [9.17, 15) is 0 Å². The van der Waals surface area contributed by atoms with Crippen LogP contribution in [0.3, 0.4) is 0 Å². The summed E-state index contributed by atoms with van der Waals surface area (Å²) in [6, 6.07) is 0. The first-order valence-electron chi connectivity index (χ1n) is 0.668. The Balaban J connectivity index is -0.000000125. The minimum absolute atomic E-state index is 0. The van der Waals surface area contributed by atoms with E-state index in [2.05, 4.69) is 0 Å². The molecule has 45 valence electrons. The molecule has 8 heavy (non-hydrogen) atoms. The average Bonchev–Trinajstić information content (AvgIpc) is 0.650. The van der Waals surface area contributed by atoms with Crippen molar-refractivity contribution in [3.63, 3.8) is 0 Å². The predicted octanol–water partition coefficient (Wildman–Crippen LogP) is -2.55. The Morgan fingerprint density at radius 2 is 0.625 bits per heavy atom. The van der Waals surface area contributed by atoms with E-state index in [0.717, 1.165) is 0 Å². The molecule has 0 aliphatic heterocycles. The normalized spacial score (nSPS) is 14.4. The van der Waals surface area contributed by atoms with Crippen molar-refractivity contribution in [1.82, 2.24) is 0 Å². The summed E-state index contributed by atoms with van der Waals surface area (Å²) in [5.41, 5.74) is 0. The Morgan fingerprint density at radius 3 is 0.625 bits per heavy atom. The zero-order chi connectivity index (χ0) is 5.45. The first-order chi connectivity index (χ1) is 2.24. The fraction of sp³-hybridized carbons (Fsp3) is 0. The number of hydrogen-bond donors (Lipinski definition) is 0. The van der Waals surface area contributed by atoms with Gasteiger partial charge in [0.15, 0.2) is 0 Å². The van der Waals surface area contributed by atoms with E-state index in [4.69, 9.17) is 50.5 Å². The molecule has 0 N–H and O–H groups in total. The van der Waals surface area contributed by atoms with Crippen LogP contribution in [0.1, 0.15) is 0 Å². The minimum atomic E-state index is -3.79. The van der Waals surface area contributed by atoms with Gasteiger partial charge < -0.3 is 0 Å². The van der Waals surface area contributed by atoms with E-state index in [-0.39, 0.29) is 103 Å². The van der Waals surface area contributed by atoms with E-state index < -0.39 is 7.23 Å². The standard InChI is InChI=1S/5ClH.Fe.2K/h5*1H;;;/q;;;;;+3;2*+1/p-5. The molecule has 0 fully saturated rings. The van der Waals surface area contributed by atoms with Gasteiger partial charge in [-0.25, -0.2) is 0 Å². The largest absolute Gasteiger partial charge is 1.00 e. The maximum atomic E-state index is 4.99. The van der Waals surface area contributed by atoms with Crippen LogP contribution in [-0.2, 0) is 7.23 Å². The molecule has 0 aliphatic carbocycles. The number of halogens is 5. The second kappa shape index (κ2) is 6.66. The summed E-state index contributed by atoms with van der Waals surface area (Å²) in [6.07, 6.45) is 0. The number of rotatable bonds is 0. The monoisotopic (exact) mass is 309 g/mol. The van der Waals surface area contributed by atoms with Gasteiger partial charge in [-0.05, 0) is 0 Å². The Morgan fingerprint density at radius 1 is 0.625 bits per heavy atom. The van der Waals surface area contributed by atoms with Gasteiger partial charge in [-0.15, -0.1) is 0 Å². The summed E-state index contributed by atoms with van der Waals surface area (Å²) in [5, 5.41) is 0. The molecular formula is Cl5FeK2. The second-order valence-electron chi connectivity index (χ2n) is 0.505. The van der Waals surface area contributed by atoms with Gasteiger partial charge in [0.05, 0.1) is 0 Å². The van der Waals surface area contributed by atoms with Crippen LogP contribution in [0.5, 0.6) is 0 Å².